The van der Waals surface area contributed by atoms with Gasteiger partial charge in [0.25, 0.3) is 0 Å². The minimum absolute atomic E-state index is 0.0855. The molecule has 0 spiro atoms. The molecule has 0 fully saturated rings. The number of ether oxygens (including phenoxy) is 2. The topological polar surface area (TPSA) is 57.2 Å². The lowest BCUT2D eigenvalue weighted by atomic mass is 10.1. The Kier molecular flexibility index (Phi) is 12.9. The van der Waals surface area contributed by atoms with Crippen LogP contribution < -0.4 is 20.7 Å². The summed E-state index contributed by atoms with van der Waals surface area (Å²) in [6.07, 6.45) is 6.25. The molecule has 0 aliphatic rings. The molecule has 0 aromatic heterocycles. The zero-order chi connectivity index (χ0) is 35.4. The first-order valence-corrected chi connectivity index (χ1v) is 20.9. The van der Waals surface area contributed by atoms with Crippen molar-refractivity contribution in [2.75, 3.05) is 26.4 Å². The summed E-state index contributed by atoms with van der Waals surface area (Å²) in [5.41, 5.74) is -1.71. The van der Waals surface area contributed by atoms with Gasteiger partial charge >= 0.3 is 16.6 Å². The molecular formula is C42H52O5Si2. The molecule has 49 heavy (non-hydrogen) atoms. The summed E-state index contributed by atoms with van der Waals surface area (Å²) in [5, 5.41) is 16.0. The van der Waals surface area contributed by atoms with E-state index in [1.807, 2.05) is 55.5 Å². The lowest BCUT2D eigenvalue weighted by Gasteiger charge is -2.42. The smallest absolute Gasteiger partial charge is 0.332 e. The molecule has 4 aromatic rings. The van der Waals surface area contributed by atoms with Crippen molar-refractivity contribution in [3.63, 3.8) is 0 Å². The lowest BCUT2D eigenvalue weighted by molar-refractivity contribution is -0.00464. The van der Waals surface area contributed by atoms with Gasteiger partial charge in [0, 0.05) is 11.6 Å². The molecule has 1 atom stereocenters. The monoisotopic (exact) mass is 692 g/mol. The molecule has 0 heterocycles. The van der Waals surface area contributed by atoms with Gasteiger partial charge in [-0.15, -0.1) is 0 Å². The summed E-state index contributed by atoms with van der Waals surface area (Å²) in [7, 11) is -5.87. The van der Waals surface area contributed by atoms with E-state index in [4.69, 9.17) is 18.3 Å². The number of hydrogen-bond donors (Lipinski definition) is 1. The van der Waals surface area contributed by atoms with Gasteiger partial charge < -0.3 is 23.4 Å². The van der Waals surface area contributed by atoms with Crippen LogP contribution >= 0.6 is 0 Å². The van der Waals surface area contributed by atoms with Gasteiger partial charge in [-0.25, -0.2) is 0 Å². The van der Waals surface area contributed by atoms with E-state index in [0.29, 0.717) is 19.8 Å². The van der Waals surface area contributed by atoms with Crippen LogP contribution in [0.5, 0.6) is 0 Å². The van der Waals surface area contributed by atoms with Gasteiger partial charge in [-0.05, 0) is 44.7 Å². The highest BCUT2D eigenvalue weighted by molar-refractivity contribution is 7.00. The van der Waals surface area contributed by atoms with Crippen LogP contribution in [0.15, 0.2) is 134 Å². The fraction of sp³-hybridized carbons (Fsp3) is 0.333. The fourth-order valence-electron chi connectivity index (χ4n) is 6.40. The Morgan fingerprint density at radius 2 is 0.980 bits per heavy atom. The Balaban J connectivity index is 1.78. The SMILES string of the molecule is CCOCCOCC(O)(C#CO[Si](c1ccccc1)(c1ccccc1)C(C)(C)C)/C=C/O[Si](c1ccccc1)(c1ccccc1)C(C)(C)C. The maximum absolute atomic E-state index is 12.1. The van der Waals surface area contributed by atoms with Crippen LogP contribution in [0.2, 0.25) is 10.1 Å². The second-order valence-corrected chi connectivity index (χ2v) is 22.7. The third kappa shape index (κ3) is 8.82. The van der Waals surface area contributed by atoms with Crippen molar-refractivity contribution in [3.8, 4) is 12.0 Å². The Morgan fingerprint density at radius 1 is 0.592 bits per heavy atom. The average molecular weight is 693 g/mol. The molecule has 0 amide bonds. The molecule has 1 N–H and O–H groups in total. The molecule has 0 aliphatic heterocycles. The van der Waals surface area contributed by atoms with Gasteiger partial charge in [-0.1, -0.05) is 163 Å². The van der Waals surface area contributed by atoms with E-state index in [1.165, 1.54) is 0 Å². The molecule has 0 aliphatic carbocycles. The first kappa shape index (κ1) is 37.9. The lowest BCUT2D eigenvalue weighted by Crippen LogP contribution is -2.66. The largest absolute Gasteiger partial charge is 0.540 e. The Morgan fingerprint density at radius 3 is 1.37 bits per heavy atom. The molecule has 0 saturated carbocycles. The molecule has 7 heteroatoms. The molecular weight excluding hydrogens is 641 g/mol. The summed E-state index contributed by atoms with van der Waals surface area (Å²) in [4.78, 5) is 0. The van der Waals surface area contributed by atoms with Crippen LogP contribution in [0, 0.1) is 12.0 Å². The summed E-state index contributed by atoms with van der Waals surface area (Å²) in [6.45, 7) is 16.4. The van der Waals surface area contributed by atoms with Crippen molar-refractivity contribution >= 4 is 37.4 Å². The van der Waals surface area contributed by atoms with Gasteiger partial charge in [-0.2, -0.15) is 0 Å². The zero-order valence-electron chi connectivity index (χ0n) is 30.1. The van der Waals surface area contributed by atoms with Gasteiger partial charge in [-0.3, -0.25) is 0 Å². The summed E-state index contributed by atoms with van der Waals surface area (Å²) in [6, 6.07) is 41.4. The van der Waals surface area contributed by atoms with Gasteiger partial charge in [0.2, 0.25) is 0 Å². The highest BCUT2D eigenvalue weighted by Gasteiger charge is 2.53. The Hall–Kier alpha value is -3.91. The average Bonchev–Trinajstić information content (AvgIpc) is 3.09. The minimum Gasteiger partial charge on any atom is -0.540 e. The van der Waals surface area contributed by atoms with Gasteiger partial charge in [0.15, 0.2) is 5.60 Å². The van der Waals surface area contributed by atoms with E-state index in [0.717, 1.165) is 20.7 Å². The summed E-state index contributed by atoms with van der Waals surface area (Å²) >= 11 is 0. The zero-order valence-corrected chi connectivity index (χ0v) is 32.1. The highest BCUT2D eigenvalue weighted by Crippen LogP contribution is 2.38. The van der Waals surface area contributed by atoms with E-state index in [2.05, 4.69) is 126 Å². The standard InChI is InChI=1S/C42H52O5Si2/c1-8-44-33-34-45-35-42(43,29-31-46-48(40(2,3)4,36-21-13-9-14-22-36)37-23-15-10-16-24-37)30-32-47-49(41(5,6)7,38-25-17-11-18-26-38)39-27-19-12-20-28-39/h9-29,31,43H,8,33-35H2,1-7H3/b31-29+. The van der Waals surface area contributed by atoms with Crippen molar-refractivity contribution in [1.82, 2.24) is 0 Å². The molecule has 4 rings (SSSR count). The molecule has 5 nitrogen and oxygen atoms in total. The fourth-order valence-corrected chi connectivity index (χ4v) is 14.8. The van der Waals surface area contributed by atoms with Crippen molar-refractivity contribution < 1.29 is 23.4 Å². The number of rotatable bonds is 14. The van der Waals surface area contributed by atoms with E-state index in [-0.39, 0.29) is 16.7 Å². The van der Waals surface area contributed by atoms with E-state index in [9.17, 15) is 5.11 Å². The minimum atomic E-state index is -2.97. The third-order valence-electron chi connectivity index (χ3n) is 8.79. The third-order valence-corrected chi connectivity index (χ3v) is 18.5. The first-order valence-electron chi connectivity index (χ1n) is 17.1. The van der Waals surface area contributed by atoms with Crippen molar-refractivity contribution in [1.29, 1.82) is 0 Å². The molecule has 0 bridgehead atoms. The van der Waals surface area contributed by atoms with E-state index >= 15 is 0 Å². The molecule has 0 radical (unpaired) electrons. The van der Waals surface area contributed by atoms with Crippen molar-refractivity contribution in [2.45, 2.75) is 64.1 Å². The molecule has 258 valence electrons. The number of benzene rings is 4. The van der Waals surface area contributed by atoms with Crippen LogP contribution in [-0.2, 0) is 18.3 Å². The normalized spacial score (nSPS) is 13.7. The van der Waals surface area contributed by atoms with Gasteiger partial charge in [0.1, 0.15) is 0 Å². The second-order valence-electron chi connectivity index (χ2n) is 14.2. The van der Waals surface area contributed by atoms with E-state index < -0.39 is 22.2 Å². The van der Waals surface area contributed by atoms with Crippen molar-refractivity contribution in [2.24, 2.45) is 0 Å². The van der Waals surface area contributed by atoms with Crippen molar-refractivity contribution in [3.05, 3.63) is 134 Å². The van der Waals surface area contributed by atoms with Crippen LogP contribution in [0.4, 0.5) is 0 Å². The van der Waals surface area contributed by atoms with Crippen LogP contribution in [0.1, 0.15) is 48.5 Å². The number of hydrogen-bond acceptors (Lipinski definition) is 5. The summed E-state index contributed by atoms with van der Waals surface area (Å²) in [5.74, 6) is 3.06. The molecule has 1 unspecified atom stereocenters. The number of aliphatic hydroxyl groups is 1. The maximum Gasteiger partial charge on any atom is 0.332 e. The molecule has 4 aromatic carbocycles. The highest BCUT2D eigenvalue weighted by atomic mass is 28.4. The first-order chi connectivity index (χ1) is 23.4. The predicted octanol–water partition coefficient (Wildman–Crippen LogP) is 6.40. The Bertz CT molecular complexity index is 1580. The summed E-state index contributed by atoms with van der Waals surface area (Å²) < 4.78 is 25.2. The van der Waals surface area contributed by atoms with E-state index in [1.54, 1.807) is 12.3 Å². The quantitative estimate of drug-likeness (QED) is 0.0718. The second kappa shape index (κ2) is 16.7. The van der Waals surface area contributed by atoms with Gasteiger partial charge in [0.05, 0.1) is 32.2 Å². The maximum atomic E-state index is 12.1. The van der Waals surface area contributed by atoms with Crippen LogP contribution in [-0.4, -0.2) is 53.8 Å². The van der Waals surface area contributed by atoms with Crippen LogP contribution in [0.25, 0.3) is 0 Å². The molecule has 0 saturated heterocycles. The van der Waals surface area contributed by atoms with Crippen LogP contribution in [0.3, 0.4) is 0 Å². The Labute approximate surface area is 296 Å². The predicted molar refractivity (Wildman–Crippen MR) is 207 cm³/mol.